The van der Waals surface area contributed by atoms with Gasteiger partial charge in [0.1, 0.15) is 5.82 Å². The summed E-state index contributed by atoms with van der Waals surface area (Å²) in [7, 11) is 0. The molecule has 1 aromatic carbocycles. The third kappa shape index (κ3) is 3.80. The van der Waals surface area contributed by atoms with Crippen LogP contribution in [0.1, 0.15) is 56.2 Å². The second-order valence-electron chi connectivity index (χ2n) is 6.16. The van der Waals surface area contributed by atoms with Crippen molar-refractivity contribution in [3.05, 3.63) is 34.6 Å². The summed E-state index contributed by atoms with van der Waals surface area (Å²) in [6.45, 7) is 5.08. The Morgan fingerprint density at radius 3 is 2.32 bits per heavy atom. The van der Waals surface area contributed by atoms with Crippen LogP contribution in [0.5, 0.6) is 0 Å². The molecule has 1 spiro atoms. The zero-order chi connectivity index (χ0) is 16.4. The number of rotatable bonds is 2. The van der Waals surface area contributed by atoms with Crippen LogP contribution in [0.3, 0.4) is 0 Å². The largest absolute Gasteiger partial charge is 0.388 e. The summed E-state index contributed by atoms with van der Waals surface area (Å²) in [4.78, 5) is 0. The number of hydrogen-bond donors (Lipinski definition) is 1. The molecule has 2 aliphatic rings. The first kappa shape index (κ1) is 17.3. The number of halogens is 4. The molecule has 0 bridgehead atoms. The van der Waals surface area contributed by atoms with Crippen molar-refractivity contribution in [3.8, 4) is 0 Å². The van der Waals surface area contributed by atoms with Crippen molar-refractivity contribution in [2.45, 2.75) is 64.1 Å². The fourth-order valence-corrected chi connectivity index (χ4v) is 3.03. The highest BCUT2D eigenvalue weighted by Gasteiger charge is 2.48. The molecule has 124 valence electrons. The van der Waals surface area contributed by atoms with Crippen LogP contribution < -0.4 is 5.32 Å². The first-order chi connectivity index (χ1) is 10.3. The van der Waals surface area contributed by atoms with E-state index in [1.165, 1.54) is 11.1 Å². The zero-order valence-corrected chi connectivity index (χ0v) is 13.1. The molecule has 3 rings (SSSR count). The number of nitrogens with one attached hydrogen (secondary N) is 1. The predicted octanol–water partition coefficient (Wildman–Crippen LogP) is 4.87. The fourth-order valence-electron chi connectivity index (χ4n) is 3.03. The maximum Gasteiger partial charge on any atom is 0.388 e. The molecule has 0 radical (unpaired) electrons. The Morgan fingerprint density at radius 1 is 1.18 bits per heavy atom. The van der Waals surface area contributed by atoms with E-state index in [4.69, 9.17) is 0 Å². The minimum Gasteiger partial charge on any atom is -0.312 e. The van der Waals surface area contributed by atoms with Gasteiger partial charge in [-0.1, -0.05) is 26.3 Å². The molecule has 0 saturated heterocycles. The summed E-state index contributed by atoms with van der Waals surface area (Å²) in [5.41, 5.74) is 3.79. The topological polar surface area (TPSA) is 12.0 Å². The number of alkyl halides is 3. The fraction of sp³-hybridized carbons (Fsp3) is 0.647. The van der Waals surface area contributed by atoms with Gasteiger partial charge in [0.2, 0.25) is 0 Å². The second-order valence-corrected chi connectivity index (χ2v) is 6.16. The average molecular weight is 317 g/mol. The Morgan fingerprint density at radius 2 is 1.82 bits per heavy atom. The third-order valence-electron chi connectivity index (χ3n) is 4.43. The highest BCUT2D eigenvalue weighted by molar-refractivity contribution is 5.46. The highest BCUT2D eigenvalue weighted by atomic mass is 19.4. The lowest BCUT2D eigenvalue weighted by Crippen LogP contribution is -2.35. The predicted molar refractivity (Wildman–Crippen MR) is 79.4 cm³/mol. The number of aryl methyl sites for hydroxylation is 1. The number of fused-ring (bicyclic) bond motifs is 2. The van der Waals surface area contributed by atoms with Gasteiger partial charge in [-0.05, 0) is 36.5 Å². The Hall–Kier alpha value is -1.10. The van der Waals surface area contributed by atoms with Crippen LogP contribution >= 0.6 is 0 Å². The summed E-state index contributed by atoms with van der Waals surface area (Å²) in [6.07, 6.45) is -0.183. The average Bonchev–Trinajstić information content (AvgIpc) is 3.22. The molecule has 0 atom stereocenters. The van der Waals surface area contributed by atoms with Crippen LogP contribution in [0.15, 0.2) is 12.1 Å². The molecule has 1 heterocycles. The summed E-state index contributed by atoms with van der Waals surface area (Å²) in [6, 6.07) is 3.65. The molecular formula is C17H23F4N. The van der Waals surface area contributed by atoms with E-state index in [0.717, 1.165) is 51.3 Å². The van der Waals surface area contributed by atoms with Gasteiger partial charge in [0.15, 0.2) is 0 Å². The van der Waals surface area contributed by atoms with Crippen molar-refractivity contribution < 1.29 is 17.6 Å². The van der Waals surface area contributed by atoms with Crippen molar-refractivity contribution in [1.82, 2.24) is 5.32 Å². The summed E-state index contributed by atoms with van der Waals surface area (Å²) < 4.78 is 46.4. The molecule has 1 fully saturated rings. The van der Waals surface area contributed by atoms with Crippen LogP contribution in [0.2, 0.25) is 0 Å². The first-order valence-electron chi connectivity index (χ1n) is 7.91. The summed E-state index contributed by atoms with van der Waals surface area (Å²) in [5, 5.41) is 3.45. The molecule has 1 aliphatic carbocycles. The summed E-state index contributed by atoms with van der Waals surface area (Å²) in [5.74, 6) is 0.0221. The van der Waals surface area contributed by atoms with E-state index < -0.39 is 12.6 Å². The number of benzene rings is 1. The van der Waals surface area contributed by atoms with Gasteiger partial charge < -0.3 is 5.32 Å². The standard InChI is InChI=1S/C14H18FN.C3H5F3/c1-2-3-10-4-5-12(15)13-11(10)8-16-9-14(13)6-7-14;1-2-3(4,5)6/h4-5,16H,2-3,6-9H2,1H3;2H2,1H3. The van der Waals surface area contributed by atoms with E-state index in [2.05, 4.69) is 12.2 Å². The van der Waals surface area contributed by atoms with E-state index in [-0.39, 0.29) is 11.2 Å². The SMILES string of the molecule is CCC(F)(F)F.CCCc1ccc(F)c2c1CNCC21CC1. The lowest BCUT2D eigenvalue weighted by Gasteiger charge is -2.28. The van der Waals surface area contributed by atoms with E-state index >= 15 is 0 Å². The van der Waals surface area contributed by atoms with Gasteiger partial charge in [-0.15, -0.1) is 0 Å². The van der Waals surface area contributed by atoms with Gasteiger partial charge >= 0.3 is 6.18 Å². The maximum atomic E-state index is 14.0. The van der Waals surface area contributed by atoms with Crippen molar-refractivity contribution in [2.24, 2.45) is 0 Å². The van der Waals surface area contributed by atoms with Gasteiger partial charge in [0.25, 0.3) is 0 Å². The molecule has 1 nitrogen and oxygen atoms in total. The van der Waals surface area contributed by atoms with Gasteiger partial charge in [-0.3, -0.25) is 0 Å². The quantitative estimate of drug-likeness (QED) is 0.767. The Labute approximate surface area is 129 Å². The monoisotopic (exact) mass is 317 g/mol. The molecule has 1 aromatic rings. The normalized spacial score (nSPS) is 18.5. The van der Waals surface area contributed by atoms with Gasteiger partial charge in [0, 0.05) is 30.5 Å². The molecule has 1 aliphatic heterocycles. The molecule has 1 saturated carbocycles. The van der Waals surface area contributed by atoms with Crippen molar-refractivity contribution >= 4 is 0 Å². The third-order valence-corrected chi connectivity index (χ3v) is 4.43. The number of hydrogen-bond acceptors (Lipinski definition) is 1. The van der Waals surface area contributed by atoms with E-state index in [0.29, 0.717) is 0 Å². The van der Waals surface area contributed by atoms with Gasteiger partial charge in [-0.2, -0.15) is 13.2 Å². The molecule has 0 amide bonds. The Kier molecular flexibility index (Phi) is 5.15. The van der Waals surface area contributed by atoms with Crippen LogP contribution in [0.4, 0.5) is 17.6 Å². The smallest absolute Gasteiger partial charge is 0.312 e. The highest BCUT2D eigenvalue weighted by Crippen LogP contribution is 2.51. The molecule has 0 aromatic heterocycles. The molecule has 5 heteroatoms. The van der Waals surface area contributed by atoms with Crippen LogP contribution in [-0.4, -0.2) is 12.7 Å². The van der Waals surface area contributed by atoms with E-state index in [1.807, 2.05) is 6.07 Å². The Bertz CT molecular complexity index is 518. The van der Waals surface area contributed by atoms with E-state index in [1.54, 1.807) is 6.07 Å². The molecular weight excluding hydrogens is 294 g/mol. The van der Waals surface area contributed by atoms with Crippen molar-refractivity contribution in [1.29, 1.82) is 0 Å². The lowest BCUT2D eigenvalue weighted by molar-refractivity contribution is -0.130. The molecule has 1 N–H and O–H groups in total. The van der Waals surface area contributed by atoms with Crippen LogP contribution in [-0.2, 0) is 18.4 Å². The Balaban J connectivity index is 0.000000254. The lowest BCUT2D eigenvalue weighted by atomic mass is 9.84. The molecule has 0 unspecified atom stereocenters. The molecule has 22 heavy (non-hydrogen) atoms. The van der Waals surface area contributed by atoms with Crippen molar-refractivity contribution in [3.63, 3.8) is 0 Å². The minimum absolute atomic E-state index is 0.0221. The van der Waals surface area contributed by atoms with Gasteiger partial charge in [-0.25, -0.2) is 4.39 Å². The van der Waals surface area contributed by atoms with Gasteiger partial charge in [0.05, 0.1) is 0 Å². The van der Waals surface area contributed by atoms with Crippen LogP contribution in [0.25, 0.3) is 0 Å². The maximum absolute atomic E-state index is 14.0. The second kappa shape index (κ2) is 6.57. The van der Waals surface area contributed by atoms with Crippen molar-refractivity contribution in [2.75, 3.05) is 6.54 Å². The first-order valence-corrected chi connectivity index (χ1v) is 7.91. The zero-order valence-electron chi connectivity index (χ0n) is 13.1. The summed E-state index contributed by atoms with van der Waals surface area (Å²) >= 11 is 0. The minimum atomic E-state index is -3.96. The van der Waals surface area contributed by atoms with Crippen LogP contribution in [0, 0.1) is 5.82 Å². The van der Waals surface area contributed by atoms with E-state index in [9.17, 15) is 17.6 Å².